The Kier molecular flexibility index (Phi) is 8.95. The number of hydrogen-bond acceptors (Lipinski definition) is 3. The van der Waals surface area contributed by atoms with Crippen molar-refractivity contribution in [1.82, 2.24) is 16.0 Å². The van der Waals surface area contributed by atoms with Crippen LogP contribution in [-0.2, 0) is 11.2 Å². The second kappa shape index (κ2) is 11.7. The summed E-state index contributed by atoms with van der Waals surface area (Å²) < 4.78 is 19.0. The number of hydrogen-bond donors (Lipinski definition) is 3. The van der Waals surface area contributed by atoms with Crippen LogP contribution in [0.25, 0.3) is 0 Å². The van der Waals surface area contributed by atoms with Gasteiger partial charge < -0.3 is 20.7 Å². The maximum Gasteiger partial charge on any atom is 0.224 e. The molecule has 0 fully saturated rings. The number of aryl methyl sites for hydroxylation is 1. The first kappa shape index (κ1) is 22.2. The summed E-state index contributed by atoms with van der Waals surface area (Å²) >= 11 is 0. The lowest BCUT2D eigenvalue weighted by molar-refractivity contribution is -0.120. The van der Waals surface area contributed by atoms with Crippen molar-refractivity contribution >= 4 is 11.9 Å². The number of rotatable bonds is 9. The van der Waals surface area contributed by atoms with E-state index in [9.17, 15) is 9.18 Å². The van der Waals surface area contributed by atoms with Crippen molar-refractivity contribution in [1.29, 1.82) is 0 Å². The minimum absolute atomic E-state index is 0.0404. The Labute approximate surface area is 171 Å². The van der Waals surface area contributed by atoms with Gasteiger partial charge >= 0.3 is 0 Å². The first-order valence-corrected chi connectivity index (χ1v) is 9.65. The van der Waals surface area contributed by atoms with Crippen molar-refractivity contribution in [2.75, 3.05) is 26.7 Å². The highest BCUT2D eigenvalue weighted by molar-refractivity contribution is 5.80. The van der Waals surface area contributed by atoms with Crippen molar-refractivity contribution in [3.8, 4) is 5.75 Å². The van der Waals surface area contributed by atoms with E-state index in [0.717, 1.165) is 11.3 Å². The van der Waals surface area contributed by atoms with Crippen molar-refractivity contribution in [3.05, 3.63) is 65.5 Å². The molecule has 6 nitrogen and oxygen atoms in total. The maximum atomic E-state index is 13.2. The molecule has 0 aromatic heterocycles. The lowest BCUT2D eigenvalue weighted by atomic mass is 10.1. The largest absolute Gasteiger partial charge is 0.489 e. The lowest BCUT2D eigenvalue weighted by Crippen LogP contribution is -2.44. The summed E-state index contributed by atoms with van der Waals surface area (Å²) in [7, 11) is 1.68. The van der Waals surface area contributed by atoms with E-state index in [1.165, 1.54) is 12.1 Å². The number of benzene rings is 2. The molecule has 0 aliphatic rings. The zero-order chi connectivity index (χ0) is 21.1. The Morgan fingerprint density at radius 1 is 1.10 bits per heavy atom. The molecule has 2 aromatic carbocycles. The van der Waals surface area contributed by atoms with Gasteiger partial charge in [0, 0.05) is 20.1 Å². The molecule has 0 bridgehead atoms. The van der Waals surface area contributed by atoms with Gasteiger partial charge in [-0.3, -0.25) is 9.79 Å². The van der Waals surface area contributed by atoms with E-state index in [0.29, 0.717) is 31.2 Å². The van der Waals surface area contributed by atoms with Crippen molar-refractivity contribution < 1.29 is 13.9 Å². The van der Waals surface area contributed by atoms with Crippen LogP contribution in [0.15, 0.2) is 53.5 Å². The van der Waals surface area contributed by atoms with Crippen molar-refractivity contribution in [2.45, 2.75) is 26.4 Å². The monoisotopic (exact) mass is 400 g/mol. The van der Waals surface area contributed by atoms with E-state index in [-0.39, 0.29) is 24.2 Å². The fourth-order valence-corrected chi connectivity index (χ4v) is 2.70. The Hall–Kier alpha value is -3.09. The number of nitrogens with one attached hydrogen (secondary N) is 3. The SMILES string of the molecule is CN=C(NCCNC(=O)Cc1cccc(F)c1)NCC(C)Oc1cccc(C)c1. The van der Waals surface area contributed by atoms with Crippen LogP contribution in [0.5, 0.6) is 5.75 Å². The fourth-order valence-electron chi connectivity index (χ4n) is 2.70. The molecular formula is C22H29FN4O2. The van der Waals surface area contributed by atoms with Gasteiger partial charge in [0.1, 0.15) is 17.7 Å². The first-order valence-electron chi connectivity index (χ1n) is 9.65. The average Bonchev–Trinajstić information content (AvgIpc) is 2.67. The van der Waals surface area contributed by atoms with Gasteiger partial charge in [-0.1, -0.05) is 24.3 Å². The minimum atomic E-state index is -0.340. The topological polar surface area (TPSA) is 74.8 Å². The molecule has 2 rings (SSSR count). The molecule has 0 aliphatic heterocycles. The van der Waals surface area contributed by atoms with Crippen LogP contribution in [-0.4, -0.2) is 44.7 Å². The molecule has 0 aliphatic carbocycles. The zero-order valence-electron chi connectivity index (χ0n) is 17.2. The summed E-state index contributed by atoms with van der Waals surface area (Å²) in [5, 5.41) is 9.13. The Morgan fingerprint density at radius 2 is 1.86 bits per heavy atom. The van der Waals surface area contributed by atoms with Gasteiger partial charge in [-0.05, 0) is 49.2 Å². The molecule has 0 radical (unpaired) electrons. The third-order valence-corrected chi connectivity index (χ3v) is 4.10. The van der Waals surface area contributed by atoms with E-state index >= 15 is 0 Å². The van der Waals surface area contributed by atoms with E-state index < -0.39 is 0 Å². The average molecular weight is 400 g/mol. The van der Waals surface area contributed by atoms with Gasteiger partial charge in [-0.15, -0.1) is 0 Å². The number of nitrogens with zero attached hydrogens (tertiary/aromatic N) is 1. The highest BCUT2D eigenvalue weighted by Crippen LogP contribution is 2.13. The van der Waals surface area contributed by atoms with Gasteiger partial charge in [0.05, 0.1) is 13.0 Å². The lowest BCUT2D eigenvalue weighted by Gasteiger charge is -2.18. The van der Waals surface area contributed by atoms with Crippen LogP contribution in [0.1, 0.15) is 18.1 Å². The summed E-state index contributed by atoms with van der Waals surface area (Å²) in [5.41, 5.74) is 1.80. The van der Waals surface area contributed by atoms with Crippen LogP contribution in [0.2, 0.25) is 0 Å². The Balaban J connectivity index is 1.63. The maximum absolute atomic E-state index is 13.2. The van der Waals surface area contributed by atoms with E-state index in [1.807, 2.05) is 38.1 Å². The number of amides is 1. The molecule has 1 amide bonds. The molecule has 3 N–H and O–H groups in total. The smallest absolute Gasteiger partial charge is 0.224 e. The molecule has 156 valence electrons. The molecule has 29 heavy (non-hydrogen) atoms. The molecule has 0 saturated carbocycles. The van der Waals surface area contributed by atoms with Crippen molar-refractivity contribution in [3.63, 3.8) is 0 Å². The minimum Gasteiger partial charge on any atom is -0.489 e. The standard InChI is InChI=1S/C22H29FN4O2/c1-16-6-4-9-20(12-16)29-17(2)15-27-22(24-3)26-11-10-25-21(28)14-18-7-5-8-19(23)13-18/h4-9,12-13,17H,10-11,14-15H2,1-3H3,(H,25,28)(H2,24,26,27). The molecule has 0 spiro atoms. The summed E-state index contributed by atoms with van der Waals surface area (Å²) in [4.78, 5) is 16.1. The van der Waals surface area contributed by atoms with Gasteiger partial charge in [0.15, 0.2) is 5.96 Å². The van der Waals surface area contributed by atoms with E-state index in [2.05, 4.69) is 20.9 Å². The Bertz CT molecular complexity index is 826. The number of carbonyl (C=O) groups excluding carboxylic acids is 1. The second-order valence-corrected chi connectivity index (χ2v) is 6.78. The van der Waals surface area contributed by atoms with Gasteiger partial charge in [0.2, 0.25) is 5.91 Å². The third-order valence-electron chi connectivity index (χ3n) is 4.10. The van der Waals surface area contributed by atoms with E-state index in [1.54, 1.807) is 19.2 Å². The first-order chi connectivity index (χ1) is 14.0. The Morgan fingerprint density at radius 3 is 2.59 bits per heavy atom. The van der Waals surface area contributed by atoms with Crippen LogP contribution >= 0.6 is 0 Å². The van der Waals surface area contributed by atoms with Crippen LogP contribution in [0.3, 0.4) is 0 Å². The van der Waals surface area contributed by atoms with Crippen molar-refractivity contribution in [2.24, 2.45) is 4.99 Å². The predicted molar refractivity (Wildman–Crippen MR) is 114 cm³/mol. The second-order valence-electron chi connectivity index (χ2n) is 6.78. The number of carbonyl (C=O) groups is 1. The quantitative estimate of drug-likeness (QED) is 0.343. The van der Waals surface area contributed by atoms with Crippen LogP contribution in [0.4, 0.5) is 4.39 Å². The highest BCUT2D eigenvalue weighted by Gasteiger charge is 2.07. The molecule has 7 heteroatoms. The summed E-state index contributed by atoms with van der Waals surface area (Å²) in [6, 6.07) is 14.0. The van der Waals surface area contributed by atoms with Crippen LogP contribution in [0, 0.1) is 12.7 Å². The molecule has 1 atom stereocenters. The molecule has 0 heterocycles. The normalized spacial score (nSPS) is 12.2. The summed E-state index contributed by atoms with van der Waals surface area (Å²) in [6.07, 6.45) is 0.111. The predicted octanol–water partition coefficient (Wildman–Crippen LogP) is 2.43. The van der Waals surface area contributed by atoms with Crippen LogP contribution < -0.4 is 20.7 Å². The summed E-state index contributed by atoms with van der Waals surface area (Å²) in [5.74, 6) is 0.972. The highest BCUT2D eigenvalue weighted by atomic mass is 19.1. The number of ether oxygens (including phenoxy) is 1. The third kappa shape index (κ3) is 8.64. The van der Waals surface area contributed by atoms with Gasteiger partial charge in [0.25, 0.3) is 0 Å². The number of halogens is 1. The molecule has 0 saturated heterocycles. The summed E-state index contributed by atoms with van der Waals surface area (Å²) in [6.45, 7) is 5.54. The van der Waals surface area contributed by atoms with Gasteiger partial charge in [-0.2, -0.15) is 0 Å². The molecule has 2 aromatic rings. The number of aliphatic imine (C=N–C) groups is 1. The fraction of sp³-hybridized carbons (Fsp3) is 0.364. The van der Waals surface area contributed by atoms with E-state index in [4.69, 9.17) is 4.74 Å². The molecular weight excluding hydrogens is 371 g/mol. The number of guanidine groups is 1. The zero-order valence-corrected chi connectivity index (χ0v) is 17.2. The van der Waals surface area contributed by atoms with Gasteiger partial charge in [-0.25, -0.2) is 4.39 Å². The molecule has 1 unspecified atom stereocenters.